The smallest absolute Gasteiger partial charge is 0.327 e. The Morgan fingerprint density at radius 3 is 2.67 bits per heavy atom. The average molecular weight is 254 g/mol. The van der Waals surface area contributed by atoms with E-state index in [0.717, 1.165) is 38.4 Å². The van der Waals surface area contributed by atoms with Gasteiger partial charge in [0.05, 0.1) is 7.11 Å². The Balaban J connectivity index is 2.06. The first kappa shape index (κ1) is 13.8. The van der Waals surface area contributed by atoms with Gasteiger partial charge in [-0.2, -0.15) is 0 Å². The molecule has 1 saturated heterocycles. The lowest BCUT2D eigenvalue weighted by molar-refractivity contribution is -0.150. The summed E-state index contributed by atoms with van der Waals surface area (Å²) in [6, 6.07) is 0. The molecule has 1 aliphatic carbocycles. The molecule has 4 nitrogen and oxygen atoms in total. The number of nitrogens with zero attached hydrogens (tertiary/aromatic N) is 1. The quantitative estimate of drug-likeness (QED) is 0.750. The van der Waals surface area contributed by atoms with Crippen LogP contribution in [0.3, 0.4) is 0 Å². The van der Waals surface area contributed by atoms with Crippen molar-refractivity contribution in [3.05, 3.63) is 0 Å². The summed E-state index contributed by atoms with van der Waals surface area (Å²) < 4.78 is 5.05. The molecule has 18 heavy (non-hydrogen) atoms. The van der Waals surface area contributed by atoms with Crippen molar-refractivity contribution < 1.29 is 9.53 Å². The molecule has 2 rings (SSSR count). The van der Waals surface area contributed by atoms with Gasteiger partial charge in [-0.1, -0.05) is 6.92 Å². The summed E-state index contributed by atoms with van der Waals surface area (Å²) in [6.07, 6.45) is 4.83. The number of nitrogens with one attached hydrogen (secondary N) is 1. The third-order valence-electron chi connectivity index (χ3n) is 4.48. The number of carbonyl (C=O) groups excluding carboxylic acids is 1. The van der Waals surface area contributed by atoms with E-state index in [2.05, 4.69) is 17.1 Å². The first-order valence-electron chi connectivity index (χ1n) is 7.12. The monoisotopic (exact) mass is 254 g/mol. The van der Waals surface area contributed by atoms with Crippen molar-refractivity contribution in [1.82, 2.24) is 10.2 Å². The van der Waals surface area contributed by atoms with Crippen LogP contribution in [0.2, 0.25) is 0 Å². The molecular weight excluding hydrogens is 228 g/mol. The maximum atomic E-state index is 12.2. The van der Waals surface area contributed by atoms with E-state index in [4.69, 9.17) is 4.74 Å². The van der Waals surface area contributed by atoms with Crippen molar-refractivity contribution in [2.75, 3.05) is 33.8 Å². The summed E-state index contributed by atoms with van der Waals surface area (Å²) >= 11 is 0. The minimum Gasteiger partial charge on any atom is -0.468 e. The first-order chi connectivity index (χ1) is 8.62. The Morgan fingerprint density at radius 2 is 2.17 bits per heavy atom. The molecule has 0 aromatic carbocycles. The molecule has 104 valence electrons. The largest absolute Gasteiger partial charge is 0.468 e. The zero-order valence-corrected chi connectivity index (χ0v) is 11.9. The van der Waals surface area contributed by atoms with E-state index in [0.29, 0.717) is 5.92 Å². The number of rotatable bonds is 5. The summed E-state index contributed by atoms with van der Waals surface area (Å²) in [7, 11) is 3.39. The zero-order chi connectivity index (χ0) is 13.2. The maximum absolute atomic E-state index is 12.2. The Labute approximate surface area is 110 Å². The van der Waals surface area contributed by atoms with Crippen LogP contribution in [0.4, 0.5) is 0 Å². The van der Waals surface area contributed by atoms with Gasteiger partial charge in [0.25, 0.3) is 0 Å². The number of methoxy groups -OCH3 is 1. The van der Waals surface area contributed by atoms with Gasteiger partial charge in [0, 0.05) is 13.1 Å². The topological polar surface area (TPSA) is 41.6 Å². The van der Waals surface area contributed by atoms with Gasteiger partial charge in [-0.05, 0) is 51.1 Å². The van der Waals surface area contributed by atoms with Crippen LogP contribution in [0.1, 0.15) is 32.6 Å². The normalized spacial score (nSPS) is 28.7. The Bertz CT molecular complexity index is 304. The molecule has 0 aromatic heterocycles. The number of ether oxygens (including phenoxy) is 1. The molecule has 0 bridgehead atoms. The lowest BCUT2D eigenvalue weighted by atomic mass is 9.90. The third-order valence-corrected chi connectivity index (χ3v) is 4.48. The highest BCUT2D eigenvalue weighted by molar-refractivity contribution is 5.82. The van der Waals surface area contributed by atoms with Gasteiger partial charge < -0.3 is 15.0 Å². The molecule has 2 unspecified atom stereocenters. The summed E-state index contributed by atoms with van der Waals surface area (Å²) in [5.41, 5.74) is -0.480. The number of carbonyl (C=O) groups is 1. The van der Waals surface area contributed by atoms with Gasteiger partial charge in [0.1, 0.15) is 5.54 Å². The lowest BCUT2D eigenvalue weighted by Gasteiger charge is -2.39. The van der Waals surface area contributed by atoms with Gasteiger partial charge in [-0.25, -0.2) is 4.79 Å². The number of esters is 1. The predicted octanol–water partition coefficient (Wildman–Crippen LogP) is 1.26. The fraction of sp³-hybridized carbons (Fsp3) is 0.929. The SMILES string of the molecule is CNC(CN1CCCC(C)C1)(C(=O)OC)C1CC1. The zero-order valence-electron chi connectivity index (χ0n) is 11.9. The van der Waals surface area contributed by atoms with Crippen molar-refractivity contribution in [3.8, 4) is 0 Å². The number of likely N-dealkylation sites (N-methyl/N-ethyl adjacent to an activating group) is 1. The fourth-order valence-electron chi connectivity index (χ4n) is 3.29. The molecule has 1 aliphatic heterocycles. The van der Waals surface area contributed by atoms with Crippen LogP contribution in [0.25, 0.3) is 0 Å². The number of piperidine rings is 1. The van der Waals surface area contributed by atoms with Gasteiger partial charge in [-0.3, -0.25) is 0 Å². The van der Waals surface area contributed by atoms with Gasteiger partial charge in [0.15, 0.2) is 0 Å². The maximum Gasteiger partial charge on any atom is 0.327 e. The Hall–Kier alpha value is -0.610. The molecule has 0 spiro atoms. The van der Waals surface area contributed by atoms with E-state index >= 15 is 0 Å². The highest BCUT2D eigenvalue weighted by atomic mass is 16.5. The van der Waals surface area contributed by atoms with E-state index in [1.54, 1.807) is 0 Å². The van der Waals surface area contributed by atoms with Crippen LogP contribution >= 0.6 is 0 Å². The third kappa shape index (κ3) is 2.69. The molecule has 0 aromatic rings. The standard InChI is InChI=1S/C14H26N2O2/c1-11-5-4-8-16(9-11)10-14(15-2,12-6-7-12)13(17)18-3/h11-12,15H,4-10H2,1-3H3. The van der Waals surface area contributed by atoms with Crippen molar-refractivity contribution in [1.29, 1.82) is 0 Å². The molecule has 2 aliphatic rings. The molecule has 1 saturated carbocycles. The fourth-order valence-corrected chi connectivity index (χ4v) is 3.29. The van der Waals surface area contributed by atoms with Crippen LogP contribution in [0, 0.1) is 11.8 Å². The average Bonchev–Trinajstić information content (AvgIpc) is 3.19. The second-order valence-corrected chi connectivity index (χ2v) is 5.97. The van der Waals surface area contributed by atoms with Crippen LogP contribution in [0.5, 0.6) is 0 Å². The van der Waals surface area contributed by atoms with E-state index < -0.39 is 5.54 Å². The number of hydrogen-bond donors (Lipinski definition) is 1. The molecule has 2 atom stereocenters. The van der Waals surface area contributed by atoms with Crippen molar-refractivity contribution in [2.45, 2.75) is 38.1 Å². The minimum absolute atomic E-state index is 0.0919. The van der Waals surface area contributed by atoms with Crippen molar-refractivity contribution in [2.24, 2.45) is 11.8 Å². The highest BCUT2D eigenvalue weighted by Gasteiger charge is 2.51. The van der Waals surface area contributed by atoms with Crippen LogP contribution in [-0.4, -0.2) is 50.2 Å². The van der Waals surface area contributed by atoms with E-state index in [1.165, 1.54) is 20.0 Å². The lowest BCUT2D eigenvalue weighted by Crippen LogP contribution is -2.61. The second-order valence-electron chi connectivity index (χ2n) is 5.97. The van der Waals surface area contributed by atoms with E-state index in [9.17, 15) is 4.79 Å². The molecular formula is C14H26N2O2. The minimum atomic E-state index is -0.480. The van der Waals surface area contributed by atoms with Crippen molar-refractivity contribution in [3.63, 3.8) is 0 Å². The van der Waals surface area contributed by atoms with Gasteiger partial charge >= 0.3 is 5.97 Å². The molecule has 2 fully saturated rings. The van der Waals surface area contributed by atoms with Gasteiger partial charge in [-0.15, -0.1) is 0 Å². The van der Waals surface area contributed by atoms with Crippen molar-refractivity contribution >= 4 is 5.97 Å². The molecule has 1 N–H and O–H groups in total. The highest BCUT2D eigenvalue weighted by Crippen LogP contribution is 2.41. The summed E-state index contributed by atoms with van der Waals surface area (Å²) in [5, 5.41) is 3.27. The Kier molecular flexibility index (Phi) is 4.28. The molecule has 4 heteroatoms. The summed E-state index contributed by atoms with van der Waals surface area (Å²) in [6.45, 7) is 5.30. The predicted molar refractivity (Wildman–Crippen MR) is 71.4 cm³/mol. The number of likely N-dealkylation sites (tertiary alicyclic amines) is 1. The van der Waals surface area contributed by atoms with Crippen LogP contribution < -0.4 is 5.32 Å². The van der Waals surface area contributed by atoms with Crippen LogP contribution in [-0.2, 0) is 9.53 Å². The second kappa shape index (κ2) is 5.57. The molecule has 0 amide bonds. The first-order valence-corrected chi connectivity index (χ1v) is 7.12. The molecule has 0 radical (unpaired) electrons. The summed E-state index contributed by atoms with van der Waals surface area (Å²) in [4.78, 5) is 14.6. The Morgan fingerprint density at radius 1 is 1.44 bits per heavy atom. The molecule has 1 heterocycles. The summed E-state index contributed by atoms with van der Waals surface area (Å²) in [5.74, 6) is 1.10. The number of hydrogen-bond acceptors (Lipinski definition) is 4. The van der Waals surface area contributed by atoms with Gasteiger partial charge in [0.2, 0.25) is 0 Å². The van der Waals surface area contributed by atoms with E-state index in [1.807, 2.05) is 7.05 Å². The van der Waals surface area contributed by atoms with Crippen LogP contribution in [0.15, 0.2) is 0 Å². The van der Waals surface area contributed by atoms with E-state index in [-0.39, 0.29) is 5.97 Å².